The molecule has 2 saturated heterocycles. The van der Waals surface area contributed by atoms with Crippen LogP contribution in [0.2, 0.25) is 0 Å². The molecule has 2 aliphatic heterocycles. The first-order chi connectivity index (χ1) is 15.8. The summed E-state index contributed by atoms with van der Waals surface area (Å²) in [6.07, 6.45) is 2.39. The quantitative estimate of drug-likeness (QED) is 0.541. The summed E-state index contributed by atoms with van der Waals surface area (Å²) in [6, 6.07) is 18.0. The number of benzene rings is 2. The van der Waals surface area contributed by atoms with Crippen LogP contribution in [-0.4, -0.2) is 65.0 Å². The van der Waals surface area contributed by atoms with Gasteiger partial charge in [-0.25, -0.2) is 9.97 Å². The van der Waals surface area contributed by atoms with E-state index in [1.165, 1.54) is 12.8 Å². The summed E-state index contributed by atoms with van der Waals surface area (Å²) in [4.78, 5) is 33.0. The van der Waals surface area contributed by atoms with E-state index in [4.69, 9.17) is 9.97 Å². The van der Waals surface area contributed by atoms with E-state index in [9.17, 15) is 4.79 Å². The van der Waals surface area contributed by atoms with Crippen LogP contribution in [0.4, 0.5) is 11.6 Å². The molecule has 4 heterocycles. The average Bonchev–Trinajstić information content (AvgIpc) is 3.53. The fraction of sp³-hybridized carbons (Fsp3) is 0.320. The summed E-state index contributed by atoms with van der Waals surface area (Å²) < 4.78 is 0. The highest BCUT2D eigenvalue weighted by Gasteiger charge is 2.28. The maximum atomic E-state index is 13.1. The summed E-state index contributed by atoms with van der Waals surface area (Å²) in [7, 11) is 0. The number of aromatic nitrogens is 3. The zero-order chi connectivity index (χ0) is 21.5. The Morgan fingerprint density at radius 1 is 0.750 bits per heavy atom. The van der Waals surface area contributed by atoms with Gasteiger partial charge in [0.2, 0.25) is 0 Å². The van der Waals surface area contributed by atoms with Gasteiger partial charge >= 0.3 is 0 Å². The fourth-order valence-corrected chi connectivity index (χ4v) is 4.81. The van der Waals surface area contributed by atoms with Crippen LogP contribution < -0.4 is 9.80 Å². The maximum absolute atomic E-state index is 13.1. The molecule has 0 unspecified atom stereocenters. The second-order valence-corrected chi connectivity index (χ2v) is 8.60. The number of anilines is 2. The van der Waals surface area contributed by atoms with Crippen LogP contribution in [0.15, 0.2) is 54.6 Å². The number of carbonyl (C=O) groups excluding carboxylic acids is 1. The molecule has 7 heteroatoms. The third-order valence-corrected chi connectivity index (χ3v) is 6.57. The van der Waals surface area contributed by atoms with Crippen molar-refractivity contribution >= 4 is 39.5 Å². The summed E-state index contributed by atoms with van der Waals surface area (Å²) in [5.41, 5.74) is 3.51. The predicted octanol–water partition coefficient (Wildman–Crippen LogP) is 3.67. The molecular weight excluding hydrogens is 400 g/mol. The van der Waals surface area contributed by atoms with Crippen LogP contribution in [0.3, 0.4) is 0 Å². The highest BCUT2D eigenvalue weighted by atomic mass is 16.2. The molecule has 2 aromatic heterocycles. The van der Waals surface area contributed by atoms with Gasteiger partial charge in [-0.3, -0.25) is 4.79 Å². The van der Waals surface area contributed by atoms with Gasteiger partial charge in [0.25, 0.3) is 5.91 Å². The van der Waals surface area contributed by atoms with Crippen LogP contribution in [0.1, 0.15) is 23.3 Å². The van der Waals surface area contributed by atoms with Gasteiger partial charge in [0.05, 0.1) is 11.0 Å². The summed E-state index contributed by atoms with van der Waals surface area (Å²) in [5, 5.41) is 1.07. The summed E-state index contributed by atoms with van der Waals surface area (Å²) in [6.45, 7) is 4.89. The number of fused-ring (bicyclic) bond motifs is 2. The van der Waals surface area contributed by atoms with Crippen molar-refractivity contribution in [2.45, 2.75) is 12.8 Å². The van der Waals surface area contributed by atoms with E-state index in [0.29, 0.717) is 18.8 Å². The van der Waals surface area contributed by atoms with Crippen molar-refractivity contribution < 1.29 is 4.79 Å². The lowest BCUT2D eigenvalue weighted by Crippen LogP contribution is -2.49. The Morgan fingerprint density at radius 2 is 1.34 bits per heavy atom. The molecule has 0 bridgehead atoms. The van der Waals surface area contributed by atoms with Gasteiger partial charge in [-0.15, -0.1) is 0 Å². The number of H-pyrrole nitrogens is 1. The minimum atomic E-state index is 0.0604. The molecule has 1 N–H and O–H groups in total. The normalized spacial score (nSPS) is 16.9. The first-order valence-electron chi connectivity index (χ1n) is 11.4. The molecule has 32 heavy (non-hydrogen) atoms. The number of carbonyl (C=O) groups is 1. The first-order valence-corrected chi connectivity index (χ1v) is 11.4. The maximum Gasteiger partial charge on any atom is 0.270 e. The molecule has 2 fully saturated rings. The molecule has 0 spiro atoms. The third-order valence-electron chi connectivity index (χ3n) is 6.57. The number of rotatable bonds is 3. The molecule has 0 saturated carbocycles. The van der Waals surface area contributed by atoms with Crippen LogP contribution in [0, 0.1) is 0 Å². The number of nitrogens with zero attached hydrogens (tertiary/aromatic N) is 5. The van der Waals surface area contributed by atoms with Crippen molar-refractivity contribution in [3.63, 3.8) is 0 Å². The van der Waals surface area contributed by atoms with Gasteiger partial charge in [-0.05, 0) is 37.1 Å². The van der Waals surface area contributed by atoms with E-state index < -0.39 is 0 Å². The molecule has 2 aromatic carbocycles. The number of aromatic amines is 1. The Labute approximate surface area is 186 Å². The largest absolute Gasteiger partial charge is 0.354 e. The van der Waals surface area contributed by atoms with Gasteiger partial charge in [0.15, 0.2) is 11.6 Å². The lowest BCUT2D eigenvalue weighted by atomic mass is 10.2. The minimum absolute atomic E-state index is 0.0604. The number of hydrogen-bond donors (Lipinski definition) is 1. The molecular formula is C25H26N6O. The van der Waals surface area contributed by atoms with E-state index in [-0.39, 0.29) is 5.91 Å². The second kappa shape index (κ2) is 7.82. The Balaban J connectivity index is 1.24. The van der Waals surface area contributed by atoms with Gasteiger partial charge in [0.1, 0.15) is 5.69 Å². The highest BCUT2D eigenvalue weighted by molar-refractivity contribution is 5.98. The van der Waals surface area contributed by atoms with E-state index >= 15 is 0 Å². The second-order valence-electron chi connectivity index (χ2n) is 8.60. The van der Waals surface area contributed by atoms with Crippen molar-refractivity contribution in [3.8, 4) is 0 Å². The van der Waals surface area contributed by atoms with Crippen molar-refractivity contribution in [2.75, 3.05) is 49.1 Å². The Hall–Kier alpha value is -3.61. The van der Waals surface area contributed by atoms with Crippen LogP contribution >= 0.6 is 0 Å². The van der Waals surface area contributed by atoms with Gasteiger partial charge in [0, 0.05) is 50.2 Å². The van der Waals surface area contributed by atoms with Gasteiger partial charge < -0.3 is 19.7 Å². The molecule has 2 aliphatic rings. The Bertz CT molecular complexity index is 1250. The average molecular weight is 427 g/mol. The molecule has 162 valence electrons. The molecule has 0 radical (unpaired) electrons. The molecule has 1 amide bonds. The summed E-state index contributed by atoms with van der Waals surface area (Å²) in [5.74, 6) is 1.99. The highest BCUT2D eigenvalue weighted by Crippen LogP contribution is 2.31. The van der Waals surface area contributed by atoms with Crippen molar-refractivity contribution in [1.82, 2.24) is 19.9 Å². The van der Waals surface area contributed by atoms with Crippen LogP contribution in [0.5, 0.6) is 0 Å². The number of nitrogens with one attached hydrogen (secondary N) is 1. The SMILES string of the molecule is O=C(c1cc2ccccc2[nH]1)N1CCN(c2nc3ccccc3nc2N2CCCC2)CC1. The lowest BCUT2D eigenvalue weighted by molar-refractivity contribution is 0.0741. The number of amides is 1. The number of hydrogen-bond acceptors (Lipinski definition) is 5. The monoisotopic (exact) mass is 426 g/mol. The fourth-order valence-electron chi connectivity index (χ4n) is 4.81. The Morgan fingerprint density at radius 3 is 2.00 bits per heavy atom. The van der Waals surface area contributed by atoms with Crippen LogP contribution in [0.25, 0.3) is 21.9 Å². The molecule has 7 nitrogen and oxygen atoms in total. The minimum Gasteiger partial charge on any atom is -0.354 e. The van der Waals surface area contributed by atoms with E-state index in [1.807, 2.05) is 59.5 Å². The molecule has 0 aliphatic carbocycles. The number of piperazine rings is 1. The van der Waals surface area contributed by atoms with Crippen LogP contribution in [-0.2, 0) is 0 Å². The van der Waals surface area contributed by atoms with Crippen molar-refractivity contribution in [1.29, 1.82) is 0 Å². The molecule has 4 aromatic rings. The first kappa shape index (κ1) is 19.1. The van der Waals surface area contributed by atoms with E-state index in [2.05, 4.69) is 14.8 Å². The zero-order valence-corrected chi connectivity index (χ0v) is 18.0. The number of para-hydroxylation sites is 3. The molecule has 0 atom stereocenters. The van der Waals surface area contributed by atoms with Crippen molar-refractivity contribution in [3.05, 3.63) is 60.3 Å². The Kier molecular flexibility index (Phi) is 4.67. The predicted molar refractivity (Wildman–Crippen MR) is 127 cm³/mol. The lowest BCUT2D eigenvalue weighted by Gasteiger charge is -2.36. The zero-order valence-electron chi connectivity index (χ0n) is 18.0. The van der Waals surface area contributed by atoms with E-state index in [0.717, 1.165) is 59.8 Å². The van der Waals surface area contributed by atoms with Gasteiger partial charge in [-0.1, -0.05) is 30.3 Å². The molecule has 6 rings (SSSR count). The third kappa shape index (κ3) is 3.34. The van der Waals surface area contributed by atoms with Crippen molar-refractivity contribution in [2.24, 2.45) is 0 Å². The topological polar surface area (TPSA) is 68.4 Å². The summed E-state index contributed by atoms with van der Waals surface area (Å²) >= 11 is 0. The van der Waals surface area contributed by atoms with Gasteiger partial charge in [-0.2, -0.15) is 0 Å². The van der Waals surface area contributed by atoms with E-state index in [1.54, 1.807) is 0 Å². The standard InChI is InChI=1S/C25H26N6O/c32-25(22-17-18-7-1-2-8-19(18)26-22)31-15-13-30(14-16-31)24-23(29-11-5-6-12-29)27-20-9-3-4-10-21(20)28-24/h1-4,7-10,17,26H,5-6,11-16H2. The smallest absolute Gasteiger partial charge is 0.270 e.